The van der Waals surface area contributed by atoms with E-state index in [2.05, 4.69) is 5.32 Å². The highest BCUT2D eigenvalue weighted by molar-refractivity contribution is 5.95. The second-order valence-electron chi connectivity index (χ2n) is 6.45. The number of carboxylic acid groups (broad SMARTS) is 1. The summed E-state index contributed by atoms with van der Waals surface area (Å²) in [7, 11) is 0. The summed E-state index contributed by atoms with van der Waals surface area (Å²) in [6.07, 6.45) is 4.81. The molecule has 0 atom stereocenters. The number of carboxylic acids is 1. The number of nitrogens with one attached hydrogen (secondary N) is 1. The topological polar surface area (TPSA) is 84.9 Å². The Balaban J connectivity index is 1.70. The molecule has 1 amide bonds. The van der Waals surface area contributed by atoms with Gasteiger partial charge in [0.05, 0.1) is 6.61 Å². The van der Waals surface area contributed by atoms with Gasteiger partial charge in [-0.05, 0) is 62.6 Å². The average molecular weight is 333 g/mol. The number of amides is 1. The monoisotopic (exact) mass is 333 g/mol. The van der Waals surface area contributed by atoms with Crippen LogP contribution in [-0.4, -0.2) is 36.2 Å². The van der Waals surface area contributed by atoms with Gasteiger partial charge in [-0.2, -0.15) is 0 Å². The number of rotatable bonds is 9. The molecule has 0 bridgehead atoms. The molecule has 24 heavy (non-hydrogen) atoms. The molecular weight excluding hydrogens is 310 g/mol. The summed E-state index contributed by atoms with van der Waals surface area (Å²) in [5.41, 5.74) is 0.507. The van der Waals surface area contributed by atoms with E-state index in [-0.39, 0.29) is 11.9 Å². The Bertz CT molecular complexity index is 610. The Hall–Kier alpha value is -2.24. The van der Waals surface area contributed by atoms with Crippen LogP contribution in [-0.2, 0) is 4.79 Å². The first-order chi connectivity index (χ1) is 11.6. The molecule has 6 nitrogen and oxygen atoms in total. The molecule has 1 aromatic carbocycles. The lowest BCUT2D eigenvalue weighted by Gasteiger charge is -2.18. The van der Waals surface area contributed by atoms with Crippen molar-refractivity contribution in [1.29, 1.82) is 0 Å². The fourth-order valence-electron chi connectivity index (χ4n) is 2.94. The van der Waals surface area contributed by atoms with Gasteiger partial charge in [0.25, 0.3) is 5.91 Å². The van der Waals surface area contributed by atoms with E-state index in [1.165, 1.54) is 25.7 Å². The van der Waals surface area contributed by atoms with Crippen molar-refractivity contribution in [3.63, 3.8) is 0 Å². The summed E-state index contributed by atoms with van der Waals surface area (Å²) in [5, 5.41) is 11.9. The molecule has 2 aliphatic rings. The second kappa shape index (κ2) is 7.11. The van der Waals surface area contributed by atoms with E-state index in [1.807, 2.05) is 6.92 Å². The lowest BCUT2D eigenvalue weighted by Crippen LogP contribution is -2.38. The maximum atomic E-state index is 12.6. The van der Waals surface area contributed by atoms with Crippen molar-refractivity contribution < 1.29 is 24.2 Å². The van der Waals surface area contributed by atoms with Crippen LogP contribution in [0, 0.1) is 11.8 Å². The smallest absolute Gasteiger partial charge is 0.341 e. The molecule has 0 aromatic heterocycles. The van der Waals surface area contributed by atoms with Gasteiger partial charge < -0.3 is 19.9 Å². The summed E-state index contributed by atoms with van der Waals surface area (Å²) in [4.78, 5) is 23.2. The fraction of sp³-hybridized carbons (Fsp3) is 0.556. The largest absolute Gasteiger partial charge is 0.490 e. The first kappa shape index (κ1) is 16.6. The van der Waals surface area contributed by atoms with E-state index in [9.17, 15) is 9.59 Å². The molecule has 3 rings (SSSR count). The minimum Gasteiger partial charge on any atom is -0.490 e. The van der Waals surface area contributed by atoms with Crippen LogP contribution in [0.25, 0.3) is 0 Å². The first-order valence-electron chi connectivity index (χ1n) is 8.50. The third kappa shape index (κ3) is 4.19. The van der Waals surface area contributed by atoms with Crippen LogP contribution >= 0.6 is 0 Å². The van der Waals surface area contributed by atoms with Crippen LogP contribution in [0.2, 0.25) is 0 Å². The first-order valence-corrected chi connectivity index (χ1v) is 8.50. The minimum atomic E-state index is -1.06. The van der Waals surface area contributed by atoms with Crippen molar-refractivity contribution >= 4 is 11.9 Å². The van der Waals surface area contributed by atoms with E-state index in [1.54, 1.807) is 18.2 Å². The normalized spacial score (nSPS) is 16.8. The Kier molecular flexibility index (Phi) is 4.92. The molecule has 1 aromatic rings. The lowest BCUT2D eigenvalue weighted by atomic mass is 10.1. The molecule has 6 heteroatoms. The van der Waals surface area contributed by atoms with Crippen LogP contribution in [0.3, 0.4) is 0 Å². The average Bonchev–Trinajstić information content (AvgIpc) is 3.45. The Labute approximate surface area is 141 Å². The van der Waals surface area contributed by atoms with Gasteiger partial charge in [-0.15, -0.1) is 0 Å². The Morgan fingerprint density at radius 1 is 1.17 bits per heavy atom. The molecule has 0 aliphatic heterocycles. The van der Waals surface area contributed by atoms with Gasteiger partial charge in [-0.1, -0.05) is 0 Å². The minimum absolute atomic E-state index is 0.107. The van der Waals surface area contributed by atoms with Gasteiger partial charge in [0.15, 0.2) is 18.1 Å². The second-order valence-corrected chi connectivity index (χ2v) is 6.45. The summed E-state index contributed by atoms with van der Waals surface area (Å²) in [6.45, 7) is 1.78. The molecule has 0 saturated heterocycles. The molecule has 0 unspecified atom stereocenters. The number of carbonyl (C=O) groups is 2. The quantitative estimate of drug-likeness (QED) is 0.725. The molecule has 0 radical (unpaired) electrons. The van der Waals surface area contributed by atoms with Crippen molar-refractivity contribution in [2.45, 2.75) is 38.6 Å². The van der Waals surface area contributed by atoms with Crippen LogP contribution in [0.5, 0.6) is 11.5 Å². The maximum absolute atomic E-state index is 12.6. The van der Waals surface area contributed by atoms with Crippen LogP contribution in [0.15, 0.2) is 18.2 Å². The highest BCUT2D eigenvalue weighted by Gasteiger charge is 2.42. The van der Waals surface area contributed by atoms with E-state index in [4.69, 9.17) is 14.6 Å². The van der Waals surface area contributed by atoms with Crippen molar-refractivity contribution in [2.75, 3.05) is 13.2 Å². The van der Waals surface area contributed by atoms with E-state index in [0.29, 0.717) is 35.5 Å². The molecular formula is C18H23NO5. The number of ether oxygens (including phenoxy) is 2. The zero-order chi connectivity index (χ0) is 17.1. The number of carbonyl (C=O) groups excluding carboxylic acids is 1. The summed E-state index contributed by atoms with van der Waals surface area (Å²) >= 11 is 0. The summed E-state index contributed by atoms with van der Waals surface area (Å²) in [6, 6.07) is 5.14. The van der Waals surface area contributed by atoms with Gasteiger partial charge in [0.1, 0.15) is 0 Å². The fourth-order valence-corrected chi connectivity index (χ4v) is 2.94. The van der Waals surface area contributed by atoms with Gasteiger partial charge in [-0.3, -0.25) is 4.79 Å². The third-order valence-electron chi connectivity index (χ3n) is 4.41. The maximum Gasteiger partial charge on any atom is 0.341 e. The van der Waals surface area contributed by atoms with Crippen molar-refractivity contribution in [1.82, 2.24) is 5.32 Å². The molecule has 2 saturated carbocycles. The van der Waals surface area contributed by atoms with Crippen molar-refractivity contribution in [2.24, 2.45) is 11.8 Å². The van der Waals surface area contributed by atoms with Crippen LogP contribution in [0.4, 0.5) is 0 Å². The highest BCUT2D eigenvalue weighted by atomic mass is 16.5. The van der Waals surface area contributed by atoms with Crippen molar-refractivity contribution in [3.8, 4) is 11.5 Å². The molecule has 2 N–H and O–H groups in total. The third-order valence-corrected chi connectivity index (χ3v) is 4.41. The molecule has 130 valence electrons. The standard InChI is InChI=1S/C18H23NO5/c1-2-23-15-9-13(7-8-14(15)24-10-16(20)21)18(22)19-17(11-3-4-11)12-5-6-12/h7-9,11-12,17H,2-6,10H2,1H3,(H,19,22)(H,20,21). The predicted octanol–water partition coefficient (Wildman–Crippen LogP) is 2.47. The molecule has 2 fully saturated rings. The lowest BCUT2D eigenvalue weighted by molar-refractivity contribution is -0.139. The van der Waals surface area contributed by atoms with Gasteiger partial charge in [-0.25, -0.2) is 4.79 Å². The number of aliphatic carboxylic acids is 1. The zero-order valence-electron chi connectivity index (χ0n) is 13.8. The van der Waals surface area contributed by atoms with E-state index < -0.39 is 12.6 Å². The number of benzene rings is 1. The molecule has 0 spiro atoms. The summed E-state index contributed by atoms with van der Waals surface area (Å²) in [5.74, 6) is 0.815. The van der Waals surface area contributed by atoms with Crippen LogP contribution < -0.4 is 14.8 Å². The Morgan fingerprint density at radius 3 is 2.38 bits per heavy atom. The zero-order valence-corrected chi connectivity index (χ0v) is 13.8. The number of hydrogen-bond donors (Lipinski definition) is 2. The van der Waals surface area contributed by atoms with Crippen molar-refractivity contribution in [3.05, 3.63) is 23.8 Å². The highest BCUT2D eigenvalue weighted by Crippen LogP contribution is 2.44. The Morgan fingerprint density at radius 2 is 1.83 bits per heavy atom. The van der Waals surface area contributed by atoms with Gasteiger partial charge in [0.2, 0.25) is 0 Å². The SMILES string of the molecule is CCOc1cc(C(=O)NC(C2CC2)C2CC2)ccc1OCC(=O)O. The van der Waals surface area contributed by atoms with E-state index in [0.717, 1.165) is 0 Å². The predicted molar refractivity (Wildman–Crippen MR) is 87.4 cm³/mol. The number of hydrogen-bond acceptors (Lipinski definition) is 4. The van der Waals surface area contributed by atoms with Crippen LogP contribution in [0.1, 0.15) is 43.0 Å². The van der Waals surface area contributed by atoms with Gasteiger partial charge in [0, 0.05) is 11.6 Å². The molecule has 2 aliphatic carbocycles. The summed E-state index contributed by atoms with van der Waals surface area (Å²) < 4.78 is 10.7. The van der Waals surface area contributed by atoms with E-state index >= 15 is 0 Å². The van der Waals surface area contributed by atoms with Gasteiger partial charge >= 0.3 is 5.97 Å². The molecule has 0 heterocycles.